The Labute approximate surface area is 215 Å². The molecule has 1 aromatic carbocycles. The number of likely N-dealkylation sites (N-methyl/N-ethyl adjacent to an activating group) is 1. The third-order valence-electron chi connectivity index (χ3n) is 6.58. The second-order valence-electron chi connectivity index (χ2n) is 9.96. The highest BCUT2D eigenvalue weighted by Gasteiger charge is 2.25. The maximum absolute atomic E-state index is 12.4. The van der Waals surface area contributed by atoms with Crippen molar-refractivity contribution in [2.24, 2.45) is 11.7 Å². The van der Waals surface area contributed by atoms with Gasteiger partial charge in [0.2, 0.25) is 5.91 Å². The highest BCUT2D eigenvalue weighted by atomic mass is 16.4. The molecule has 36 heavy (non-hydrogen) atoms. The number of primary amides is 1. The Morgan fingerprint density at radius 3 is 2.47 bits per heavy atom. The number of aryl methyl sites for hydroxylation is 1. The van der Waals surface area contributed by atoms with Crippen LogP contribution in [0.2, 0.25) is 0 Å². The number of amides is 2. The first kappa shape index (κ1) is 29.5. The molecule has 0 spiro atoms. The van der Waals surface area contributed by atoms with Gasteiger partial charge in [-0.2, -0.15) is 0 Å². The van der Waals surface area contributed by atoms with Crippen LogP contribution in [0.25, 0.3) is 0 Å². The summed E-state index contributed by atoms with van der Waals surface area (Å²) in [4.78, 5) is 30.4. The second kappa shape index (κ2) is 16.1. The molecule has 2 amide bonds. The molecule has 1 aromatic heterocycles. The van der Waals surface area contributed by atoms with E-state index in [0.717, 1.165) is 30.9 Å². The first-order valence-electron chi connectivity index (χ1n) is 13.1. The zero-order valence-electron chi connectivity index (χ0n) is 22.2. The van der Waals surface area contributed by atoms with Crippen LogP contribution in [0.1, 0.15) is 91.4 Å². The zero-order valence-corrected chi connectivity index (χ0v) is 22.2. The van der Waals surface area contributed by atoms with Gasteiger partial charge in [0.15, 0.2) is 11.6 Å². The Bertz CT molecular complexity index is 908. The van der Waals surface area contributed by atoms with Gasteiger partial charge in [-0.3, -0.25) is 9.59 Å². The Morgan fingerprint density at radius 1 is 1.19 bits per heavy atom. The lowest BCUT2D eigenvalue weighted by Gasteiger charge is -2.22. The minimum absolute atomic E-state index is 0.140. The maximum atomic E-state index is 12.4. The molecule has 1 unspecified atom stereocenters. The Hall–Kier alpha value is -2.71. The van der Waals surface area contributed by atoms with Crippen LogP contribution in [0.3, 0.4) is 0 Å². The van der Waals surface area contributed by atoms with E-state index in [4.69, 9.17) is 15.3 Å². The summed E-state index contributed by atoms with van der Waals surface area (Å²) in [6.07, 6.45) is 9.86. The monoisotopic (exact) mass is 500 g/mol. The molecule has 1 heterocycles. The summed E-state index contributed by atoms with van der Waals surface area (Å²) in [5.41, 5.74) is 6.72. The number of carbonyl (C=O) groups is 2. The summed E-state index contributed by atoms with van der Waals surface area (Å²) >= 11 is 0. The van der Waals surface area contributed by atoms with E-state index < -0.39 is 0 Å². The number of hydrogen-bond donors (Lipinski definition) is 3. The average Bonchev–Trinajstić information content (AvgIpc) is 3.26. The predicted molar refractivity (Wildman–Crippen MR) is 141 cm³/mol. The molecule has 4 N–H and O–H groups in total. The Balaban J connectivity index is 0.000000482. The third kappa shape index (κ3) is 10.9. The molecule has 3 rings (SSSR count). The van der Waals surface area contributed by atoms with Gasteiger partial charge in [-0.05, 0) is 38.9 Å². The molecule has 1 atom stereocenters. The van der Waals surface area contributed by atoms with E-state index in [-0.39, 0.29) is 30.8 Å². The smallest absolute Gasteiger partial charge is 0.273 e. The molecule has 2 aromatic rings. The molecular weight excluding hydrogens is 456 g/mol. The van der Waals surface area contributed by atoms with Crippen LogP contribution in [0.15, 0.2) is 34.7 Å². The summed E-state index contributed by atoms with van der Waals surface area (Å²) in [5, 5.41) is 11.4. The van der Waals surface area contributed by atoms with Gasteiger partial charge < -0.3 is 25.5 Å². The fraction of sp³-hybridized carbons (Fsp3) is 0.607. The van der Waals surface area contributed by atoms with Gasteiger partial charge in [0.25, 0.3) is 5.91 Å². The van der Waals surface area contributed by atoms with Crippen molar-refractivity contribution in [2.45, 2.75) is 77.2 Å². The van der Waals surface area contributed by atoms with Crippen molar-refractivity contribution in [1.82, 2.24) is 15.2 Å². The van der Waals surface area contributed by atoms with E-state index in [0.29, 0.717) is 23.9 Å². The maximum Gasteiger partial charge on any atom is 0.273 e. The summed E-state index contributed by atoms with van der Waals surface area (Å²) in [6.45, 7) is 3.17. The summed E-state index contributed by atoms with van der Waals surface area (Å²) < 4.78 is 5.78. The lowest BCUT2D eigenvalue weighted by atomic mass is 9.84. The highest BCUT2D eigenvalue weighted by Crippen LogP contribution is 2.31. The average molecular weight is 501 g/mol. The van der Waals surface area contributed by atoms with Crippen LogP contribution in [-0.2, 0) is 11.4 Å². The standard InChI is InChI=1S/C21H36N4O3.C7H8O/c1-15-19(20(27)23-12-13-25(2)3)24-21(28-15)17(14-18(22)26)11-7-10-16-8-5-4-6-9-16;8-6-7-4-2-1-3-5-7/h16-17H,4-14H2,1-3H3,(H2,22,26)(H,23,27);1-5,8H,6H2. The molecule has 8 nitrogen and oxygen atoms in total. The fourth-order valence-electron chi connectivity index (χ4n) is 4.55. The minimum Gasteiger partial charge on any atom is -0.445 e. The third-order valence-corrected chi connectivity index (χ3v) is 6.58. The molecule has 8 heteroatoms. The Kier molecular flexibility index (Phi) is 13.2. The van der Waals surface area contributed by atoms with Gasteiger partial charge >= 0.3 is 0 Å². The Morgan fingerprint density at radius 2 is 1.89 bits per heavy atom. The number of benzene rings is 1. The van der Waals surface area contributed by atoms with Crippen LogP contribution >= 0.6 is 0 Å². The van der Waals surface area contributed by atoms with Crippen molar-refractivity contribution in [3.63, 3.8) is 0 Å². The predicted octanol–water partition coefficient (Wildman–Crippen LogP) is 4.16. The van der Waals surface area contributed by atoms with Crippen LogP contribution < -0.4 is 11.1 Å². The lowest BCUT2D eigenvalue weighted by molar-refractivity contribution is -0.118. The SMILES string of the molecule is Cc1oc(C(CCCC2CCCCC2)CC(N)=O)nc1C(=O)NCCN(C)C.OCc1ccccc1. The van der Waals surface area contributed by atoms with E-state index >= 15 is 0 Å². The fourth-order valence-corrected chi connectivity index (χ4v) is 4.55. The van der Waals surface area contributed by atoms with Gasteiger partial charge in [0.1, 0.15) is 5.76 Å². The van der Waals surface area contributed by atoms with Crippen molar-refractivity contribution >= 4 is 11.8 Å². The molecule has 200 valence electrons. The minimum atomic E-state index is -0.365. The van der Waals surface area contributed by atoms with Crippen molar-refractivity contribution < 1.29 is 19.1 Å². The number of aliphatic hydroxyl groups is 1. The summed E-state index contributed by atoms with van der Waals surface area (Å²) in [5.74, 6) is 0.970. The topological polar surface area (TPSA) is 122 Å². The summed E-state index contributed by atoms with van der Waals surface area (Å²) in [6, 6.07) is 9.52. The van der Waals surface area contributed by atoms with Crippen LogP contribution in [0.5, 0.6) is 0 Å². The van der Waals surface area contributed by atoms with Gasteiger partial charge in [0, 0.05) is 25.4 Å². The number of carbonyl (C=O) groups excluding carboxylic acids is 2. The summed E-state index contributed by atoms with van der Waals surface area (Å²) in [7, 11) is 3.90. The van der Waals surface area contributed by atoms with E-state index in [1.165, 1.54) is 38.5 Å². The van der Waals surface area contributed by atoms with Gasteiger partial charge in [-0.15, -0.1) is 0 Å². The van der Waals surface area contributed by atoms with E-state index in [2.05, 4.69) is 10.3 Å². The van der Waals surface area contributed by atoms with E-state index in [1.807, 2.05) is 49.3 Å². The molecule has 1 aliphatic rings. The number of hydrogen-bond acceptors (Lipinski definition) is 6. The first-order valence-corrected chi connectivity index (χ1v) is 13.1. The van der Waals surface area contributed by atoms with Gasteiger partial charge in [0.05, 0.1) is 6.61 Å². The number of oxazole rings is 1. The molecule has 0 saturated heterocycles. The number of rotatable bonds is 12. The number of nitrogens with zero attached hydrogens (tertiary/aromatic N) is 2. The second-order valence-corrected chi connectivity index (χ2v) is 9.96. The van der Waals surface area contributed by atoms with Crippen molar-refractivity contribution in [3.8, 4) is 0 Å². The molecular formula is C28H44N4O4. The van der Waals surface area contributed by atoms with Crippen LogP contribution in [0, 0.1) is 12.8 Å². The molecule has 1 fully saturated rings. The molecule has 0 aliphatic heterocycles. The largest absolute Gasteiger partial charge is 0.445 e. The number of nitrogens with two attached hydrogens (primary N) is 1. The van der Waals surface area contributed by atoms with Crippen LogP contribution in [0.4, 0.5) is 0 Å². The van der Waals surface area contributed by atoms with Crippen LogP contribution in [-0.4, -0.2) is 54.0 Å². The number of aliphatic hydroxyl groups excluding tert-OH is 1. The molecule has 0 radical (unpaired) electrons. The zero-order chi connectivity index (χ0) is 26.3. The van der Waals surface area contributed by atoms with Gasteiger partial charge in [-0.1, -0.05) is 75.3 Å². The quantitative estimate of drug-likeness (QED) is 0.402. The van der Waals surface area contributed by atoms with Gasteiger partial charge in [-0.25, -0.2) is 4.98 Å². The molecule has 1 saturated carbocycles. The lowest BCUT2D eigenvalue weighted by Crippen LogP contribution is -2.31. The van der Waals surface area contributed by atoms with E-state index in [9.17, 15) is 9.59 Å². The van der Waals surface area contributed by atoms with E-state index in [1.54, 1.807) is 6.92 Å². The van der Waals surface area contributed by atoms with Crippen molar-refractivity contribution in [1.29, 1.82) is 0 Å². The van der Waals surface area contributed by atoms with Crippen molar-refractivity contribution in [2.75, 3.05) is 27.2 Å². The van der Waals surface area contributed by atoms with Crippen molar-refractivity contribution in [3.05, 3.63) is 53.2 Å². The number of nitrogens with one attached hydrogen (secondary N) is 1. The molecule has 1 aliphatic carbocycles. The molecule has 0 bridgehead atoms. The highest BCUT2D eigenvalue weighted by molar-refractivity contribution is 5.93. The normalized spacial score (nSPS) is 14.7. The first-order chi connectivity index (χ1) is 17.3. The number of aromatic nitrogens is 1.